The second-order valence-electron chi connectivity index (χ2n) is 20.3. The van der Waals surface area contributed by atoms with Crippen molar-refractivity contribution < 1.29 is 58.8 Å². The van der Waals surface area contributed by atoms with Crippen LogP contribution in [-0.4, -0.2) is 129 Å². The van der Waals surface area contributed by atoms with Gasteiger partial charge in [0.25, 0.3) is 0 Å². The van der Waals surface area contributed by atoms with Crippen LogP contribution >= 0.6 is 0 Å². The molecule has 4 heterocycles. The second kappa shape index (κ2) is 30.0. The summed E-state index contributed by atoms with van der Waals surface area (Å²) in [7, 11) is 1.42. The van der Waals surface area contributed by atoms with E-state index in [1.807, 2.05) is 127 Å². The number of carbonyl (C=O) groups excluding carboxylic acids is 3. The van der Waals surface area contributed by atoms with Gasteiger partial charge in [-0.3, -0.25) is 19.4 Å². The number of hydrogen-bond acceptors (Lipinski definition) is 8. The molecule has 4 aliphatic rings. The van der Waals surface area contributed by atoms with Gasteiger partial charge in [-0.25, -0.2) is 9.59 Å². The molecular formula is C64H77LiN4O8. The van der Waals surface area contributed by atoms with Crippen LogP contribution in [0.4, 0.5) is 0 Å². The number of hydrogen-bond donors (Lipinski definition) is 1. The van der Waals surface area contributed by atoms with Crippen molar-refractivity contribution in [2.45, 2.75) is 120 Å². The molecule has 2 amide bonds. The minimum atomic E-state index is -0.914. The number of likely N-dealkylation sites (tertiary alicyclic amines) is 4. The maximum absolute atomic E-state index is 14.3. The number of piperidine rings is 2. The summed E-state index contributed by atoms with van der Waals surface area (Å²) < 4.78 is 5.21. The molecular weight excluding hydrogens is 960 g/mol. The molecule has 6 atom stereocenters. The topological polar surface area (TPSA) is 172 Å². The number of esters is 1. The number of amides is 2. The normalized spacial score (nSPS) is 21.2. The average Bonchev–Trinajstić information content (AvgIpc) is 4.12. The summed E-state index contributed by atoms with van der Waals surface area (Å²) in [6, 6.07) is 59.9. The van der Waals surface area contributed by atoms with E-state index in [2.05, 4.69) is 64.4 Å². The first-order chi connectivity index (χ1) is 35.8. The van der Waals surface area contributed by atoms with Crippen molar-refractivity contribution in [3.8, 4) is 0 Å². The maximum atomic E-state index is 14.3. The third-order valence-corrected chi connectivity index (χ3v) is 15.8. The van der Waals surface area contributed by atoms with E-state index in [9.17, 15) is 24.3 Å². The number of carbonyl (C=O) groups is 4. The number of rotatable bonds is 14. The molecule has 0 spiro atoms. The number of carboxylic acids is 1. The quantitative estimate of drug-likeness (QED) is 0.0925. The van der Waals surface area contributed by atoms with E-state index in [1.165, 1.54) is 31.1 Å². The van der Waals surface area contributed by atoms with Crippen LogP contribution < -0.4 is 18.9 Å². The standard InChI is InChI=1S/C32H36N2O3.C31H34N2O3.CH4.Li.2H2O/c1-37-32(36)29-22-28(33-20-12-11-19-27(33)21-24-13-5-2-6-14-24)23-34(29)31(35)30(25-15-7-3-8-16-25)26-17-9-4-10-18-26;34-30(29(24-14-6-2-7-15-24)25-16-8-3-9-17-25)33-22-27(21-28(33)31(35)36)32-19-11-10-18-26(32)20-23-12-4-1-5-13-23;;;;/h2-10,13-18,27-30H,11-12,19-23H2,1H3;1-9,12-17,26-29H,10-11,18-22H2,(H,35,36);1H4;;2*1H2/q;;;+1;;/p-1/t27?,28-,29-;26?,27-,28-;;;;/m00..../s1. The van der Waals surface area contributed by atoms with Crippen LogP contribution in [0, 0.1) is 0 Å². The molecule has 4 fully saturated rings. The van der Waals surface area contributed by atoms with Crippen molar-refractivity contribution in [1.82, 2.24) is 19.6 Å². The first kappa shape index (κ1) is 61.5. The van der Waals surface area contributed by atoms with Crippen molar-refractivity contribution >= 4 is 23.8 Å². The third-order valence-electron chi connectivity index (χ3n) is 15.8. The van der Waals surface area contributed by atoms with Crippen molar-refractivity contribution in [3.05, 3.63) is 215 Å². The molecule has 6 aromatic carbocycles. The predicted octanol–water partition coefficient (Wildman–Crippen LogP) is 6.67. The molecule has 4 aliphatic heterocycles. The summed E-state index contributed by atoms with van der Waals surface area (Å²) in [5.74, 6) is -2.38. The summed E-state index contributed by atoms with van der Waals surface area (Å²) in [5.41, 5.74) is 6.30. The molecule has 10 rings (SSSR count). The Kier molecular flexibility index (Phi) is 23.9. The minimum Gasteiger partial charge on any atom is -0.870 e. The maximum Gasteiger partial charge on any atom is 1.00 e. The number of carboxylic acid groups (broad SMARTS) is 1. The molecule has 77 heavy (non-hydrogen) atoms. The summed E-state index contributed by atoms with van der Waals surface area (Å²) in [6.45, 7) is 2.95. The summed E-state index contributed by atoms with van der Waals surface area (Å²) >= 11 is 0. The van der Waals surface area contributed by atoms with E-state index in [0.29, 0.717) is 38.0 Å². The molecule has 2 unspecified atom stereocenters. The summed E-state index contributed by atoms with van der Waals surface area (Å²) in [6.07, 6.45) is 9.95. The van der Waals surface area contributed by atoms with Crippen LogP contribution in [0.5, 0.6) is 0 Å². The smallest absolute Gasteiger partial charge is 0.870 e. The second-order valence-corrected chi connectivity index (χ2v) is 20.3. The molecule has 12 nitrogen and oxygen atoms in total. The third kappa shape index (κ3) is 15.0. The monoisotopic (exact) mass is 1040 g/mol. The van der Waals surface area contributed by atoms with Crippen molar-refractivity contribution in [2.24, 2.45) is 0 Å². The molecule has 4 saturated heterocycles. The van der Waals surface area contributed by atoms with Crippen LogP contribution in [-0.2, 0) is 36.8 Å². The van der Waals surface area contributed by atoms with Gasteiger partial charge in [-0.2, -0.15) is 0 Å². The van der Waals surface area contributed by atoms with E-state index in [1.54, 1.807) is 9.80 Å². The van der Waals surface area contributed by atoms with Crippen molar-refractivity contribution in [3.63, 3.8) is 0 Å². The van der Waals surface area contributed by atoms with Gasteiger partial charge in [0.1, 0.15) is 12.1 Å². The van der Waals surface area contributed by atoms with Gasteiger partial charge in [0.05, 0.1) is 18.9 Å². The molecule has 0 radical (unpaired) electrons. The SMILES string of the molecule is C.COC(=O)[C@@H]1C[C@H](N2CCCCC2Cc2ccccc2)CN1C(=O)C(c1ccccc1)c1ccccc1.O.O=C(O)[C@@H]1C[C@H](N2CCCCC2Cc2ccccc2)CN1C(=O)C(c1ccccc1)c1ccccc1.[Li+].[OH-]. The first-order valence-corrected chi connectivity index (χ1v) is 26.5. The average molecular weight is 1040 g/mol. The van der Waals surface area contributed by atoms with Crippen LogP contribution in [0.3, 0.4) is 0 Å². The van der Waals surface area contributed by atoms with Gasteiger partial charge in [0.15, 0.2) is 0 Å². The molecule has 0 saturated carbocycles. The number of ether oxygens (including phenoxy) is 1. The van der Waals surface area contributed by atoms with Gasteiger partial charge in [0, 0.05) is 37.3 Å². The van der Waals surface area contributed by atoms with Crippen LogP contribution in [0.25, 0.3) is 0 Å². The van der Waals surface area contributed by atoms with Crippen LogP contribution in [0.1, 0.15) is 104 Å². The Bertz CT molecular complexity index is 2630. The largest absolute Gasteiger partial charge is 1.00 e. The fourth-order valence-corrected chi connectivity index (χ4v) is 12.3. The summed E-state index contributed by atoms with van der Waals surface area (Å²) in [5, 5.41) is 10.2. The van der Waals surface area contributed by atoms with E-state index in [4.69, 9.17) is 4.74 Å². The Morgan fingerprint density at radius 3 is 1.14 bits per heavy atom. The Balaban J connectivity index is 0.000000270. The molecule has 4 N–H and O–H groups in total. The van der Waals surface area contributed by atoms with E-state index < -0.39 is 29.9 Å². The molecule has 402 valence electrons. The van der Waals surface area contributed by atoms with Gasteiger partial charge in [0.2, 0.25) is 11.8 Å². The predicted molar refractivity (Wildman–Crippen MR) is 298 cm³/mol. The van der Waals surface area contributed by atoms with Crippen molar-refractivity contribution in [1.29, 1.82) is 0 Å². The van der Waals surface area contributed by atoms with E-state index in [-0.39, 0.29) is 67.1 Å². The van der Waals surface area contributed by atoms with E-state index >= 15 is 0 Å². The van der Waals surface area contributed by atoms with Crippen LogP contribution in [0.2, 0.25) is 0 Å². The first-order valence-electron chi connectivity index (χ1n) is 26.5. The minimum absolute atomic E-state index is 0. The fourth-order valence-electron chi connectivity index (χ4n) is 12.3. The molecule has 0 bridgehead atoms. The molecule has 6 aromatic rings. The molecule has 13 heteroatoms. The Morgan fingerprint density at radius 2 is 0.818 bits per heavy atom. The number of benzene rings is 6. The van der Waals surface area contributed by atoms with Crippen molar-refractivity contribution in [2.75, 3.05) is 33.3 Å². The van der Waals surface area contributed by atoms with Gasteiger partial charge in [-0.15, -0.1) is 0 Å². The van der Waals surface area contributed by atoms with Gasteiger partial charge < -0.3 is 30.6 Å². The zero-order valence-corrected chi connectivity index (χ0v) is 44.1. The van der Waals surface area contributed by atoms with Gasteiger partial charge in [-0.05, 0) is 97.8 Å². The fraction of sp³-hybridized carbons (Fsp3) is 0.375. The van der Waals surface area contributed by atoms with E-state index in [0.717, 1.165) is 73.9 Å². The number of aliphatic carboxylic acids is 1. The number of nitrogens with zero attached hydrogens (tertiary/aromatic N) is 4. The Hall–Kier alpha value is -6.36. The summed E-state index contributed by atoms with van der Waals surface area (Å²) in [4.78, 5) is 62.3. The van der Waals surface area contributed by atoms with Crippen LogP contribution in [0.15, 0.2) is 182 Å². The van der Waals surface area contributed by atoms with Gasteiger partial charge >= 0.3 is 30.8 Å². The number of methoxy groups -OCH3 is 1. The Labute approximate surface area is 468 Å². The molecule has 0 aromatic heterocycles. The Morgan fingerprint density at radius 1 is 0.506 bits per heavy atom. The molecule has 0 aliphatic carbocycles. The zero-order chi connectivity index (χ0) is 50.5. The zero-order valence-electron chi connectivity index (χ0n) is 44.1. The van der Waals surface area contributed by atoms with Gasteiger partial charge in [-0.1, -0.05) is 202 Å².